The predicted octanol–water partition coefficient (Wildman–Crippen LogP) is 5.66. The molecule has 0 unspecified atom stereocenters. The summed E-state index contributed by atoms with van der Waals surface area (Å²) in [6.45, 7) is 0. The number of halogens is 2. The highest BCUT2D eigenvalue weighted by Crippen LogP contribution is 2.24. The average molecular weight is 460 g/mol. The highest BCUT2D eigenvalue weighted by atomic mass is 79.9. The van der Waals surface area contributed by atoms with Gasteiger partial charge in [0, 0.05) is 20.1 Å². The molecule has 2 nitrogen and oxygen atoms in total. The molecule has 0 bridgehead atoms. The van der Waals surface area contributed by atoms with Crippen LogP contribution in [0, 0.1) is 0 Å². The number of Topliss-reactive ketones (excluding diaryl/α,β-unsaturated/α-hetero) is 2. The Morgan fingerprint density at radius 1 is 0.682 bits per heavy atom. The van der Waals surface area contributed by atoms with E-state index >= 15 is 0 Å². The standard InChI is InChI=1S/C16H12Br2O2S2/c17-13-5-1-11(2-6-13)15(19)9-21-22-10-16(20)12-3-7-14(18)8-4-12/h1-8H,9-10H2. The summed E-state index contributed by atoms with van der Waals surface area (Å²) < 4.78 is 1.90. The van der Waals surface area contributed by atoms with E-state index in [0.29, 0.717) is 22.6 Å². The van der Waals surface area contributed by atoms with Crippen molar-refractivity contribution in [3.05, 3.63) is 68.6 Å². The van der Waals surface area contributed by atoms with E-state index in [0.717, 1.165) is 8.95 Å². The van der Waals surface area contributed by atoms with E-state index in [4.69, 9.17) is 0 Å². The summed E-state index contributed by atoms with van der Waals surface area (Å²) in [4.78, 5) is 23.9. The number of benzene rings is 2. The van der Waals surface area contributed by atoms with Gasteiger partial charge in [0.25, 0.3) is 0 Å². The highest BCUT2D eigenvalue weighted by molar-refractivity contribution is 9.10. The molecule has 0 saturated heterocycles. The van der Waals surface area contributed by atoms with Crippen LogP contribution in [-0.4, -0.2) is 23.1 Å². The minimum atomic E-state index is 0.0705. The lowest BCUT2D eigenvalue weighted by Crippen LogP contribution is -2.03. The molecule has 0 aliphatic carbocycles. The summed E-state index contributed by atoms with van der Waals surface area (Å²) in [5.41, 5.74) is 1.38. The summed E-state index contributed by atoms with van der Waals surface area (Å²) in [5.74, 6) is 0.863. The number of hydrogen-bond donors (Lipinski definition) is 0. The quantitative estimate of drug-likeness (QED) is 0.304. The Morgan fingerprint density at radius 3 is 1.32 bits per heavy atom. The number of rotatable bonds is 7. The van der Waals surface area contributed by atoms with Crippen molar-refractivity contribution in [2.75, 3.05) is 11.5 Å². The Kier molecular flexibility index (Phi) is 7.21. The Labute approximate surface area is 154 Å². The molecule has 0 spiro atoms. The van der Waals surface area contributed by atoms with Crippen LogP contribution in [0.1, 0.15) is 20.7 Å². The van der Waals surface area contributed by atoms with Crippen LogP contribution in [0.15, 0.2) is 57.5 Å². The van der Waals surface area contributed by atoms with Crippen molar-refractivity contribution in [1.82, 2.24) is 0 Å². The third-order valence-electron chi connectivity index (χ3n) is 2.80. The van der Waals surface area contributed by atoms with Gasteiger partial charge in [-0.15, -0.1) is 0 Å². The molecule has 22 heavy (non-hydrogen) atoms. The smallest absolute Gasteiger partial charge is 0.173 e. The van der Waals surface area contributed by atoms with E-state index in [1.165, 1.54) is 21.6 Å². The van der Waals surface area contributed by atoms with Crippen LogP contribution in [0.2, 0.25) is 0 Å². The first-order chi connectivity index (χ1) is 10.6. The first kappa shape index (κ1) is 17.8. The van der Waals surface area contributed by atoms with Gasteiger partial charge in [-0.3, -0.25) is 9.59 Å². The summed E-state index contributed by atoms with van der Waals surface area (Å²) >= 11 is 6.68. The molecular formula is C16H12Br2O2S2. The fourth-order valence-electron chi connectivity index (χ4n) is 1.63. The average Bonchev–Trinajstić information content (AvgIpc) is 2.52. The Morgan fingerprint density at radius 2 is 1.00 bits per heavy atom. The van der Waals surface area contributed by atoms with E-state index in [9.17, 15) is 9.59 Å². The molecule has 0 atom stereocenters. The van der Waals surface area contributed by atoms with E-state index < -0.39 is 0 Å². The molecule has 0 aromatic heterocycles. The maximum absolute atomic E-state index is 12.0. The predicted molar refractivity (Wildman–Crippen MR) is 102 cm³/mol. The summed E-state index contributed by atoms with van der Waals surface area (Å²) in [7, 11) is 2.82. The van der Waals surface area contributed by atoms with E-state index in [-0.39, 0.29) is 11.6 Å². The molecule has 2 aromatic carbocycles. The molecule has 0 N–H and O–H groups in total. The molecule has 0 fully saturated rings. The zero-order chi connectivity index (χ0) is 15.9. The van der Waals surface area contributed by atoms with Crippen molar-refractivity contribution in [3.8, 4) is 0 Å². The minimum absolute atomic E-state index is 0.0705. The summed E-state index contributed by atoms with van der Waals surface area (Å²) in [5, 5.41) is 0. The summed E-state index contributed by atoms with van der Waals surface area (Å²) in [6, 6.07) is 14.6. The van der Waals surface area contributed by atoms with Gasteiger partial charge in [0.1, 0.15) is 0 Å². The van der Waals surface area contributed by atoms with Crippen LogP contribution in [0.4, 0.5) is 0 Å². The molecule has 0 radical (unpaired) electrons. The maximum atomic E-state index is 12.0. The number of carbonyl (C=O) groups is 2. The molecule has 6 heteroatoms. The SMILES string of the molecule is O=C(CSSCC(=O)c1ccc(Br)cc1)c1ccc(Br)cc1. The van der Waals surface area contributed by atoms with Gasteiger partial charge in [-0.1, -0.05) is 77.7 Å². The van der Waals surface area contributed by atoms with Crippen LogP contribution in [0.5, 0.6) is 0 Å². The van der Waals surface area contributed by atoms with Crippen molar-refractivity contribution >= 4 is 65.0 Å². The van der Waals surface area contributed by atoms with E-state index in [1.807, 2.05) is 24.3 Å². The molecule has 0 saturated carbocycles. The zero-order valence-corrected chi connectivity index (χ0v) is 16.2. The topological polar surface area (TPSA) is 34.1 Å². The highest BCUT2D eigenvalue weighted by Gasteiger charge is 2.09. The first-order valence-corrected chi connectivity index (χ1v) is 10.5. The van der Waals surface area contributed by atoms with Gasteiger partial charge >= 0.3 is 0 Å². The first-order valence-electron chi connectivity index (χ1n) is 6.38. The normalized spacial score (nSPS) is 10.5. The monoisotopic (exact) mass is 458 g/mol. The Balaban J connectivity index is 1.74. The van der Waals surface area contributed by atoms with Crippen LogP contribution in [-0.2, 0) is 0 Å². The zero-order valence-electron chi connectivity index (χ0n) is 11.4. The van der Waals surface area contributed by atoms with E-state index in [2.05, 4.69) is 31.9 Å². The fourth-order valence-corrected chi connectivity index (χ4v) is 4.01. The van der Waals surface area contributed by atoms with Gasteiger partial charge in [-0.25, -0.2) is 0 Å². The van der Waals surface area contributed by atoms with Gasteiger partial charge in [-0.05, 0) is 24.3 Å². The number of hydrogen-bond acceptors (Lipinski definition) is 4. The Bertz CT molecular complexity index is 595. The van der Waals surface area contributed by atoms with Crippen LogP contribution >= 0.6 is 53.4 Å². The third kappa shape index (κ3) is 5.57. The largest absolute Gasteiger partial charge is 0.293 e. The molecule has 2 rings (SSSR count). The molecule has 114 valence electrons. The van der Waals surface area contributed by atoms with Gasteiger partial charge < -0.3 is 0 Å². The number of ketones is 2. The maximum Gasteiger partial charge on any atom is 0.173 e. The molecule has 0 amide bonds. The second-order valence-electron chi connectivity index (χ2n) is 4.38. The molecule has 0 aliphatic rings. The van der Waals surface area contributed by atoms with Crippen LogP contribution in [0.3, 0.4) is 0 Å². The lowest BCUT2D eigenvalue weighted by molar-refractivity contribution is 0.101. The van der Waals surface area contributed by atoms with Gasteiger partial charge in [0.05, 0.1) is 11.5 Å². The lowest BCUT2D eigenvalue weighted by atomic mass is 10.2. The third-order valence-corrected chi connectivity index (χ3v) is 5.99. The fraction of sp³-hybridized carbons (Fsp3) is 0.125. The number of carbonyl (C=O) groups excluding carboxylic acids is 2. The van der Waals surface area contributed by atoms with Crippen molar-refractivity contribution in [1.29, 1.82) is 0 Å². The van der Waals surface area contributed by atoms with Gasteiger partial charge in [0.15, 0.2) is 11.6 Å². The van der Waals surface area contributed by atoms with E-state index in [1.54, 1.807) is 24.3 Å². The second kappa shape index (κ2) is 8.91. The Hall–Kier alpha value is -0.560. The van der Waals surface area contributed by atoms with Crippen LogP contribution < -0.4 is 0 Å². The molecular weight excluding hydrogens is 448 g/mol. The molecule has 2 aromatic rings. The second-order valence-corrected chi connectivity index (χ2v) is 8.68. The summed E-state index contributed by atoms with van der Waals surface area (Å²) in [6.07, 6.45) is 0. The minimum Gasteiger partial charge on any atom is -0.293 e. The molecule has 0 aliphatic heterocycles. The molecule has 0 heterocycles. The lowest BCUT2D eigenvalue weighted by Gasteiger charge is -2.02. The van der Waals surface area contributed by atoms with Crippen molar-refractivity contribution < 1.29 is 9.59 Å². The van der Waals surface area contributed by atoms with Gasteiger partial charge in [-0.2, -0.15) is 0 Å². The van der Waals surface area contributed by atoms with Gasteiger partial charge in [0.2, 0.25) is 0 Å². The van der Waals surface area contributed by atoms with Crippen molar-refractivity contribution in [2.24, 2.45) is 0 Å². The van der Waals surface area contributed by atoms with Crippen LogP contribution in [0.25, 0.3) is 0 Å². The van der Waals surface area contributed by atoms with Crippen molar-refractivity contribution in [2.45, 2.75) is 0 Å². The van der Waals surface area contributed by atoms with Crippen molar-refractivity contribution in [3.63, 3.8) is 0 Å².